The average Bonchev–Trinajstić information content (AvgIpc) is 2.90. The molecule has 1 aromatic carbocycles. The number of amides is 1. The molecule has 1 aromatic rings. The molecule has 1 amide bonds. The second-order valence-electron chi connectivity index (χ2n) is 7.07. The lowest BCUT2D eigenvalue weighted by molar-refractivity contribution is -0.0140. The number of hydrogen-bond donors (Lipinski definition) is 1. The van der Waals surface area contributed by atoms with E-state index in [0.29, 0.717) is 6.42 Å². The first-order valence-corrected chi connectivity index (χ1v) is 8.63. The molecule has 3 rings (SSSR count). The Labute approximate surface area is 143 Å². The highest BCUT2D eigenvalue weighted by molar-refractivity contribution is 5.69. The van der Waals surface area contributed by atoms with Gasteiger partial charge in [-0.05, 0) is 57.2 Å². The lowest BCUT2D eigenvalue weighted by Crippen LogP contribution is -2.50. The van der Waals surface area contributed by atoms with Crippen LogP contribution in [0.1, 0.15) is 43.7 Å². The third-order valence-corrected chi connectivity index (χ3v) is 5.39. The van der Waals surface area contributed by atoms with Gasteiger partial charge in [0.2, 0.25) is 0 Å². The fraction of sp³-hybridized carbons (Fsp3) is 0.550. The molecule has 2 fully saturated rings. The van der Waals surface area contributed by atoms with E-state index in [1.807, 2.05) is 38.1 Å². The fourth-order valence-corrected chi connectivity index (χ4v) is 4.26. The molecule has 128 valence electrons. The number of methoxy groups -OCH3 is 1. The van der Waals surface area contributed by atoms with E-state index in [9.17, 15) is 9.90 Å². The van der Waals surface area contributed by atoms with Gasteiger partial charge in [-0.25, -0.2) is 4.79 Å². The van der Waals surface area contributed by atoms with Crippen molar-refractivity contribution in [3.63, 3.8) is 0 Å². The van der Waals surface area contributed by atoms with E-state index in [0.717, 1.165) is 30.4 Å². The Hall–Kier alpha value is -1.99. The molecule has 1 saturated heterocycles. The number of rotatable bonds is 0. The van der Waals surface area contributed by atoms with E-state index in [-0.39, 0.29) is 24.1 Å². The molecule has 1 saturated carbocycles. The zero-order valence-electron chi connectivity index (χ0n) is 14.6. The lowest BCUT2D eigenvalue weighted by atomic mass is 9.72. The van der Waals surface area contributed by atoms with Gasteiger partial charge in [-0.3, -0.25) is 0 Å². The summed E-state index contributed by atoms with van der Waals surface area (Å²) in [4.78, 5) is 13.9. The Kier molecular flexibility index (Phi) is 4.56. The number of carbonyl (C=O) groups is 1. The average molecular weight is 327 g/mol. The monoisotopic (exact) mass is 327 g/mol. The van der Waals surface area contributed by atoms with E-state index < -0.39 is 5.60 Å². The number of fused-ring (bicyclic) bond motifs is 1. The molecule has 0 radical (unpaired) electrons. The van der Waals surface area contributed by atoms with Crippen molar-refractivity contribution in [2.75, 3.05) is 7.11 Å². The quantitative estimate of drug-likeness (QED) is 0.745. The van der Waals surface area contributed by atoms with Crippen LogP contribution < -0.4 is 0 Å². The molecule has 1 heterocycles. The molecule has 1 N–H and O–H groups in total. The molecule has 24 heavy (non-hydrogen) atoms. The summed E-state index contributed by atoms with van der Waals surface area (Å²) in [7, 11) is 1.41. The minimum absolute atomic E-state index is 0.0120. The largest absolute Gasteiger partial charge is 0.453 e. The lowest BCUT2D eigenvalue weighted by Gasteiger charge is -2.40. The van der Waals surface area contributed by atoms with Gasteiger partial charge in [0.25, 0.3) is 0 Å². The molecule has 2 aliphatic rings. The number of aryl methyl sites for hydroxylation is 1. The molecule has 4 nitrogen and oxygen atoms in total. The topological polar surface area (TPSA) is 49.8 Å². The summed E-state index contributed by atoms with van der Waals surface area (Å²) in [6.45, 7) is 4.05. The first-order valence-electron chi connectivity index (χ1n) is 8.63. The molecule has 0 bridgehead atoms. The Morgan fingerprint density at radius 1 is 1.46 bits per heavy atom. The second kappa shape index (κ2) is 6.49. The number of nitrogens with zero attached hydrogens (tertiary/aromatic N) is 1. The highest BCUT2D eigenvalue weighted by Gasteiger charge is 2.53. The van der Waals surface area contributed by atoms with Crippen molar-refractivity contribution in [2.24, 2.45) is 5.92 Å². The highest BCUT2D eigenvalue weighted by Crippen LogP contribution is 2.45. The summed E-state index contributed by atoms with van der Waals surface area (Å²) in [5.41, 5.74) is 1.03. The maximum absolute atomic E-state index is 12.1. The van der Waals surface area contributed by atoms with Crippen LogP contribution in [0.4, 0.5) is 4.79 Å². The first-order chi connectivity index (χ1) is 11.4. The Bertz CT molecular complexity index is 690. The number of carbonyl (C=O) groups excluding carboxylic acids is 1. The van der Waals surface area contributed by atoms with Gasteiger partial charge in [-0.2, -0.15) is 0 Å². The van der Waals surface area contributed by atoms with Gasteiger partial charge in [0.15, 0.2) is 0 Å². The summed E-state index contributed by atoms with van der Waals surface area (Å²) in [6, 6.07) is 8.07. The summed E-state index contributed by atoms with van der Waals surface area (Å²) in [5.74, 6) is 6.27. The van der Waals surface area contributed by atoms with Crippen molar-refractivity contribution in [1.82, 2.24) is 4.90 Å². The fourth-order valence-electron chi connectivity index (χ4n) is 4.26. The maximum Gasteiger partial charge on any atom is 0.409 e. The van der Waals surface area contributed by atoms with E-state index in [2.05, 4.69) is 11.8 Å². The van der Waals surface area contributed by atoms with Crippen LogP contribution >= 0.6 is 0 Å². The third-order valence-electron chi connectivity index (χ3n) is 5.39. The van der Waals surface area contributed by atoms with Gasteiger partial charge in [-0.1, -0.05) is 24.0 Å². The van der Waals surface area contributed by atoms with Crippen molar-refractivity contribution >= 4 is 6.09 Å². The van der Waals surface area contributed by atoms with Crippen molar-refractivity contribution < 1.29 is 14.6 Å². The Morgan fingerprint density at radius 3 is 2.96 bits per heavy atom. The van der Waals surface area contributed by atoms with Crippen molar-refractivity contribution in [1.29, 1.82) is 0 Å². The van der Waals surface area contributed by atoms with Crippen molar-refractivity contribution in [2.45, 2.75) is 57.2 Å². The zero-order valence-corrected chi connectivity index (χ0v) is 14.6. The van der Waals surface area contributed by atoms with Gasteiger partial charge in [0.05, 0.1) is 7.11 Å². The standard InChI is InChI=1S/C20H25NO3/c1-14-6-4-7-16(12-14)9-11-20(23)10-5-8-18-17(20)13-15(2)21(18)19(22)24-3/h4,6-7,12,15,17-18,23H,5,8,10,13H2,1-3H3/t15?,17-,18-,20-/m1/s1. The Morgan fingerprint density at radius 2 is 2.25 bits per heavy atom. The van der Waals surface area contributed by atoms with E-state index >= 15 is 0 Å². The van der Waals surface area contributed by atoms with Crippen molar-refractivity contribution in [3.8, 4) is 11.8 Å². The zero-order chi connectivity index (χ0) is 17.3. The van der Waals surface area contributed by atoms with Crippen LogP contribution in [0.5, 0.6) is 0 Å². The molecule has 0 aromatic heterocycles. The normalized spacial score (nSPS) is 31.8. The van der Waals surface area contributed by atoms with Crippen LogP contribution in [0.2, 0.25) is 0 Å². The first kappa shape index (κ1) is 16.9. The number of aliphatic hydroxyl groups is 1. The molecule has 1 unspecified atom stereocenters. The minimum Gasteiger partial charge on any atom is -0.453 e. The van der Waals surface area contributed by atoms with Crippen LogP contribution in [0.3, 0.4) is 0 Å². The Balaban J connectivity index is 1.87. The highest BCUT2D eigenvalue weighted by atomic mass is 16.5. The SMILES string of the molecule is COC(=O)N1C(C)C[C@@H]2[C@H]1CCC[C@@]2(O)C#Cc1cccc(C)c1. The van der Waals surface area contributed by atoms with Gasteiger partial charge in [0.1, 0.15) is 5.60 Å². The molecule has 4 atom stereocenters. The number of benzene rings is 1. The predicted molar refractivity (Wildman–Crippen MR) is 92.5 cm³/mol. The molecule has 4 heteroatoms. The van der Waals surface area contributed by atoms with Crippen LogP contribution in [0.25, 0.3) is 0 Å². The van der Waals surface area contributed by atoms with Crippen LogP contribution in [0.15, 0.2) is 24.3 Å². The maximum atomic E-state index is 12.1. The van der Waals surface area contributed by atoms with Gasteiger partial charge in [-0.15, -0.1) is 0 Å². The molecular weight excluding hydrogens is 302 g/mol. The second-order valence-corrected chi connectivity index (χ2v) is 7.07. The van der Waals surface area contributed by atoms with E-state index in [4.69, 9.17) is 4.74 Å². The van der Waals surface area contributed by atoms with Crippen LogP contribution in [0, 0.1) is 24.7 Å². The molecule has 0 spiro atoms. The summed E-state index contributed by atoms with van der Waals surface area (Å²) >= 11 is 0. The van der Waals surface area contributed by atoms with E-state index in [1.165, 1.54) is 7.11 Å². The van der Waals surface area contributed by atoms with Crippen LogP contribution in [-0.2, 0) is 4.74 Å². The van der Waals surface area contributed by atoms with E-state index in [1.54, 1.807) is 4.90 Å². The van der Waals surface area contributed by atoms with Crippen LogP contribution in [-0.4, -0.2) is 40.9 Å². The van der Waals surface area contributed by atoms with Crippen molar-refractivity contribution in [3.05, 3.63) is 35.4 Å². The van der Waals surface area contributed by atoms with Gasteiger partial charge >= 0.3 is 6.09 Å². The summed E-state index contributed by atoms with van der Waals surface area (Å²) in [6.07, 6.45) is 2.89. The third kappa shape index (κ3) is 3.01. The number of ether oxygens (including phenoxy) is 1. The van der Waals surface area contributed by atoms with Gasteiger partial charge in [0, 0.05) is 23.6 Å². The number of likely N-dealkylation sites (tertiary alicyclic amines) is 1. The molecule has 1 aliphatic heterocycles. The molecular formula is C20H25NO3. The summed E-state index contributed by atoms with van der Waals surface area (Å²) in [5, 5.41) is 11.2. The predicted octanol–water partition coefficient (Wildman–Crippen LogP) is 3.11. The molecule has 1 aliphatic carbocycles. The summed E-state index contributed by atoms with van der Waals surface area (Å²) < 4.78 is 4.93. The minimum atomic E-state index is -1.04. The number of hydrogen-bond acceptors (Lipinski definition) is 3. The van der Waals surface area contributed by atoms with Gasteiger partial charge < -0.3 is 14.7 Å². The smallest absolute Gasteiger partial charge is 0.409 e.